The number of anilines is 1. The van der Waals surface area contributed by atoms with Gasteiger partial charge in [0.05, 0.1) is 13.2 Å². The lowest BCUT2D eigenvalue weighted by atomic mass is 10.1. The molecule has 1 amide bonds. The molecule has 0 bridgehead atoms. The molecule has 1 saturated heterocycles. The lowest BCUT2D eigenvalue weighted by Gasteiger charge is -2.27. The van der Waals surface area contributed by atoms with E-state index in [0.717, 1.165) is 25.1 Å². The first kappa shape index (κ1) is 9.85. The minimum atomic E-state index is 0.255. The Morgan fingerprint density at radius 3 is 2.88 bits per heavy atom. The van der Waals surface area contributed by atoms with Crippen LogP contribution in [0, 0.1) is 0 Å². The highest BCUT2D eigenvalue weighted by Crippen LogP contribution is 2.27. The number of hydrogen-bond acceptors (Lipinski definition) is 2. The quantitative estimate of drug-likeness (QED) is 0.722. The molecule has 0 spiro atoms. The number of ether oxygens (including phenoxy) is 1. The van der Waals surface area contributed by atoms with E-state index < -0.39 is 0 Å². The molecule has 1 fully saturated rings. The third kappa shape index (κ3) is 1.61. The molecular weight excluding hydrogens is 202 g/mol. The molecule has 0 atom stereocenters. The van der Waals surface area contributed by atoms with Gasteiger partial charge in [0.15, 0.2) is 0 Å². The van der Waals surface area contributed by atoms with E-state index in [2.05, 4.69) is 12.1 Å². The zero-order valence-corrected chi connectivity index (χ0v) is 9.24. The van der Waals surface area contributed by atoms with Crippen molar-refractivity contribution in [3.8, 4) is 0 Å². The van der Waals surface area contributed by atoms with Crippen molar-refractivity contribution in [1.29, 1.82) is 0 Å². The average molecular weight is 217 g/mol. The summed E-state index contributed by atoms with van der Waals surface area (Å²) in [6.45, 7) is 2.26. The standard InChI is InChI=1S/C13H15NO2/c15-13-3-1-2-6-14(13)12-5-4-10-8-16-9-11(10)7-12/h4-5,7H,1-3,6,8-9H2. The normalized spacial score (nSPS) is 20.0. The maximum atomic E-state index is 11.8. The minimum Gasteiger partial charge on any atom is -0.372 e. The van der Waals surface area contributed by atoms with Crippen LogP contribution in [0.2, 0.25) is 0 Å². The summed E-state index contributed by atoms with van der Waals surface area (Å²) >= 11 is 0. The van der Waals surface area contributed by atoms with Gasteiger partial charge in [-0.1, -0.05) is 6.07 Å². The van der Waals surface area contributed by atoms with Gasteiger partial charge in [-0.3, -0.25) is 4.79 Å². The fourth-order valence-electron chi connectivity index (χ4n) is 2.41. The Balaban J connectivity index is 1.91. The van der Waals surface area contributed by atoms with Crippen molar-refractivity contribution < 1.29 is 9.53 Å². The molecule has 84 valence electrons. The highest BCUT2D eigenvalue weighted by atomic mass is 16.5. The molecular formula is C13H15NO2. The maximum absolute atomic E-state index is 11.8. The first-order valence-electron chi connectivity index (χ1n) is 5.84. The molecule has 3 nitrogen and oxygen atoms in total. The molecule has 0 aromatic heterocycles. The van der Waals surface area contributed by atoms with Crippen LogP contribution in [-0.4, -0.2) is 12.5 Å². The number of amides is 1. The van der Waals surface area contributed by atoms with Gasteiger partial charge < -0.3 is 9.64 Å². The van der Waals surface area contributed by atoms with Crippen LogP contribution in [0.15, 0.2) is 18.2 Å². The van der Waals surface area contributed by atoms with E-state index in [0.29, 0.717) is 19.6 Å². The number of fused-ring (bicyclic) bond motifs is 1. The maximum Gasteiger partial charge on any atom is 0.226 e. The third-order valence-corrected chi connectivity index (χ3v) is 3.34. The summed E-state index contributed by atoms with van der Waals surface area (Å²) in [6, 6.07) is 6.22. The molecule has 0 radical (unpaired) electrons. The number of nitrogens with zero attached hydrogens (tertiary/aromatic N) is 1. The minimum absolute atomic E-state index is 0.255. The van der Waals surface area contributed by atoms with Crippen molar-refractivity contribution in [2.24, 2.45) is 0 Å². The second kappa shape index (κ2) is 3.91. The molecule has 0 saturated carbocycles. The van der Waals surface area contributed by atoms with Gasteiger partial charge in [0.25, 0.3) is 0 Å². The van der Waals surface area contributed by atoms with Crippen LogP contribution in [0.1, 0.15) is 30.4 Å². The number of carbonyl (C=O) groups is 1. The van der Waals surface area contributed by atoms with Crippen LogP contribution in [0.4, 0.5) is 5.69 Å². The molecule has 3 heteroatoms. The Morgan fingerprint density at radius 2 is 2.00 bits per heavy atom. The molecule has 0 aliphatic carbocycles. The fourth-order valence-corrected chi connectivity index (χ4v) is 2.41. The van der Waals surface area contributed by atoms with E-state index in [1.807, 2.05) is 11.0 Å². The van der Waals surface area contributed by atoms with Crippen molar-refractivity contribution in [3.05, 3.63) is 29.3 Å². The van der Waals surface area contributed by atoms with Gasteiger partial charge in [0.1, 0.15) is 0 Å². The van der Waals surface area contributed by atoms with Crippen molar-refractivity contribution in [1.82, 2.24) is 0 Å². The Kier molecular flexibility index (Phi) is 2.40. The molecule has 2 heterocycles. The van der Waals surface area contributed by atoms with Crippen molar-refractivity contribution in [2.75, 3.05) is 11.4 Å². The topological polar surface area (TPSA) is 29.5 Å². The highest BCUT2D eigenvalue weighted by Gasteiger charge is 2.21. The summed E-state index contributed by atoms with van der Waals surface area (Å²) in [5.41, 5.74) is 3.53. The summed E-state index contributed by atoms with van der Waals surface area (Å²) in [5, 5.41) is 0. The van der Waals surface area contributed by atoms with E-state index in [1.165, 1.54) is 11.1 Å². The van der Waals surface area contributed by atoms with Crippen molar-refractivity contribution in [2.45, 2.75) is 32.5 Å². The van der Waals surface area contributed by atoms with Crippen molar-refractivity contribution in [3.63, 3.8) is 0 Å². The smallest absolute Gasteiger partial charge is 0.226 e. The summed E-state index contributed by atoms with van der Waals surface area (Å²) in [7, 11) is 0. The Hall–Kier alpha value is -1.35. The zero-order chi connectivity index (χ0) is 11.0. The lowest BCUT2D eigenvalue weighted by Crippen LogP contribution is -2.35. The first-order chi connectivity index (χ1) is 7.84. The molecule has 1 aromatic carbocycles. The van der Waals surface area contributed by atoms with Gasteiger partial charge in [-0.05, 0) is 36.1 Å². The summed E-state index contributed by atoms with van der Waals surface area (Å²) < 4.78 is 5.38. The van der Waals surface area contributed by atoms with Gasteiger partial charge in [0, 0.05) is 18.7 Å². The third-order valence-electron chi connectivity index (χ3n) is 3.34. The Morgan fingerprint density at radius 1 is 1.12 bits per heavy atom. The monoisotopic (exact) mass is 217 g/mol. The Bertz CT molecular complexity index is 428. The van der Waals surface area contributed by atoms with Gasteiger partial charge in [-0.15, -0.1) is 0 Å². The van der Waals surface area contributed by atoms with Gasteiger partial charge >= 0.3 is 0 Å². The molecule has 2 aliphatic rings. The van der Waals surface area contributed by atoms with E-state index in [9.17, 15) is 4.79 Å². The predicted molar refractivity (Wildman–Crippen MR) is 61.1 cm³/mol. The molecule has 2 aliphatic heterocycles. The molecule has 1 aromatic rings. The van der Waals surface area contributed by atoms with Crippen LogP contribution in [0.5, 0.6) is 0 Å². The fraction of sp³-hybridized carbons (Fsp3) is 0.462. The molecule has 16 heavy (non-hydrogen) atoms. The van der Waals surface area contributed by atoms with E-state index >= 15 is 0 Å². The lowest BCUT2D eigenvalue weighted by molar-refractivity contribution is -0.119. The zero-order valence-electron chi connectivity index (χ0n) is 9.24. The molecule has 3 rings (SSSR count). The summed E-state index contributed by atoms with van der Waals surface area (Å²) in [6.07, 6.45) is 2.83. The highest BCUT2D eigenvalue weighted by molar-refractivity contribution is 5.94. The van der Waals surface area contributed by atoms with Crippen LogP contribution >= 0.6 is 0 Å². The largest absolute Gasteiger partial charge is 0.372 e. The second-order valence-electron chi connectivity index (χ2n) is 4.45. The van der Waals surface area contributed by atoms with E-state index in [1.54, 1.807) is 0 Å². The van der Waals surface area contributed by atoms with Gasteiger partial charge in [-0.25, -0.2) is 0 Å². The Labute approximate surface area is 95.0 Å². The molecule has 0 N–H and O–H groups in total. The number of hydrogen-bond donors (Lipinski definition) is 0. The van der Waals surface area contributed by atoms with Gasteiger partial charge in [-0.2, -0.15) is 0 Å². The SMILES string of the molecule is O=C1CCCCN1c1ccc2c(c1)COC2. The van der Waals surface area contributed by atoms with Crippen molar-refractivity contribution >= 4 is 11.6 Å². The van der Waals surface area contributed by atoms with Crippen LogP contribution < -0.4 is 4.90 Å². The number of carbonyl (C=O) groups excluding carboxylic acids is 1. The second-order valence-corrected chi connectivity index (χ2v) is 4.45. The van der Waals surface area contributed by atoms with E-state index in [4.69, 9.17) is 4.74 Å². The first-order valence-corrected chi connectivity index (χ1v) is 5.84. The van der Waals surface area contributed by atoms with E-state index in [-0.39, 0.29) is 5.91 Å². The predicted octanol–water partition coefficient (Wildman–Crippen LogP) is 2.23. The van der Waals surface area contributed by atoms with Crippen LogP contribution in [0.25, 0.3) is 0 Å². The average Bonchev–Trinajstić information content (AvgIpc) is 2.76. The molecule has 0 unspecified atom stereocenters. The summed E-state index contributed by atoms with van der Waals surface area (Å²) in [5.74, 6) is 0.255. The van der Waals surface area contributed by atoms with Gasteiger partial charge in [0.2, 0.25) is 5.91 Å². The van der Waals surface area contributed by atoms with Crippen LogP contribution in [0.3, 0.4) is 0 Å². The number of benzene rings is 1. The summed E-state index contributed by atoms with van der Waals surface area (Å²) in [4.78, 5) is 13.7. The number of rotatable bonds is 1. The van der Waals surface area contributed by atoms with Crippen LogP contribution in [-0.2, 0) is 22.7 Å². The number of piperidine rings is 1.